The Bertz CT molecular complexity index is 138. The van der Waals surface area contributed by atoms with Gasteiger partial charge in [0.05, 0.1) is 13.2 Å². The average molecular weight is 144 g/mol. The van der Waals surface area contributed by atoms with E-state index in [0.29, 0.717) is 0 Å². The van der Waals surface area contributed by atoms with E-state index < -0.39 is 5.97 Å². The van der Waals surface area contributed by atoms with Gasteiger partial charge < -0.3 is 9.47 Å². The summed E-state index contributed by atoms with van der Waals surface area (Å²) in [4.78, 5) is 10.7. The van der Waals surface area contributed by atoms with Gasteiger partial charge in [0, 0.05) is 0 Å². The Labute approximate surface area is 60.6 Å². The van der Waals surface area contributed by atoms with E-state index in [4.69, 9.17) is 4.74 Å². The predicted octanol–water partition coefficient (Wildman–Crippen LogP) is 1.10. The van der Waals surface area contributed by atoms with E-state index in [1.54, 1.807) is 13.8 Å². The molecule has 0 unspecified atom stereocenters. The lowest BCUT2D eigenvalue weighted by Gasteiger charge is -2.07. The molecule has 0 radical (unpaired) electrons. The summed E-state index contributed by atoms with van der Waals surface area (Å²) in [6, 6.07) is 0. The van der Waals surface area contributed by atoms with Gasteiger partial charge in [-0.25, -0.2) is 4.79 Å². The van der Waals surface area contributed by atoms with Crippen LogP contribution in [0.15, 0.2) is 12.3 Å². The first kappa shape index (κ1) is 9.01. The van der Waals surface area contributed by atoms with Crippen molar-refractivity contribution in [3.05, 3.63) is 12.3 Å². The van der Waals surface area contributed by atoms with Crippen LogP contribution in [0.5, 0.6) is 0 Å². The van der Waals surface area contributed by atoms with Crippen LogP contribution < -0.4 is 0 Å². The second-order valence-electron chi connectivity index (χ2n) is 2.08. The zero-order valence-electron chi connectivity index (χ0n) is 6.51. The topological polar surface area (TPSA) is 35.5 Å². The molecule has 0 saturated heterocycles. The molecule has 0 heterocycles. The van der Waals surface area contributed by atoms with Crippen LogP contribution >= 0.6 is 0 Å². The molecular formula is C7H12O3. The molecule has 0 atom stereocenters. The van der Waals surface area contributed by atoms with Crippen LogP contribution in [0.4, 0.5) is 0 Å². The highest BCUT2D eigenvalue weighted by atomic mass is 16.6. The van der Waals surface area contributed by atoms with E-state index >= 15 is 0 Å². The first-order chi connectivity index (χ1) is 4.57. The molecule has 0 aromatic rings. The zero-order chi connectivity index (χ0) is 8.15. The van der Waals surface area contributed by atoms with E-state index in [0.717, 1.165) is 0 Å². The third kappa shape index (κ3) is 3.12. The lowest BCUT2D eigenvalue weighted by Crippen LogP contribution is -2.13. The number of carbonyl (C=O) groups is 1. The number of esters is 1. The summed E-state index contributed by atoms with van der Waals surface area (Å²) in [5.74, 6) is -0.466. The van der Waals surface area contributed by atoms with Crippen LogP contribution in [-0.4, -0.2) is 19.2 Å². The second kappa shape index (κ2) is 3.93. The number of methoxy groups -OCH3 is 1. The Hall–Kier alpha value is -0.990. The van der Waals surface area contributed by atoms with E-state index in [1.165, 1.54) is 7.11 Å². The van der Waals surface area contributed by atoms with Crippen molar-refractivity contribution in [1.29, 1.82) is 0 Å². The van der Waals surface area contributed by atoms with Crippen LogP contribution in [0.3, 0.4) is 0 Å². The maximum atomic E-state index is 10.7. The molecule has 0 aromatic carbocycles. The van der Waals surface area contributed by atoms with Gasteiger partial charge >= 0.3 is 5.97 Å². The quantitative estimate of drug-likeness (QED) is 0.338. The molecule has 0 aliphatic rings. The predicted molar refractivity (Wildman–Crippen MR) is 37.4 cm³/mol. The number of rotatable bonds is 3. The zero-order valence-corrected chi connectivity index (χ0v) is 6.51. The van der Waals surface area contributed by atoms with Gasteiger partial charge in [-0.15, -0.1) is 0 Å². The molecule has 0 aromatic heterocycles. The van der Waals surface area contributed by atoms with Crippen molar-refractivity contribution >= 4 is 5.97 Å². The fourth-order valence-corrected chi connectivity index (χ4v) is 0.363. The highest BCUT2D eigenvalue weighted by molar-refractivity contribution is 5.85. The van der Waals surface area contributed by atoms with E-state index in [2.05, 4.69) is 11.3 Å². The van der Waals surface area contributed by atoms with Crippen molar-refractivity contribution in [2.45, 2.75) is 20.0 Å². The molecule has 58 valence electrons. The Morgan fingerprint density at radius 2 is 2.00 bits per heavy atom. The van der Waals surface area contributed by atoms with Crippen LogP contribution in [-0.2, 0) is 14.3 Å². The maximum absolute atomic E-state index is 10.7. The van der Waals surface area contributed by atoms with Crippen molar-refractivity contribution in [3.63, 3.8) is 0 Å². The van der Waals surface area contributed by atoms with Crippen molar-refractivity contribution < 1.29 is 14.3 Å². The number of hydrogen-bond donors (Lipinski definition) is 0. The lowest BCUT2D eigenvalue weighted by molar-refractivity contribution is -0.146. The van der Waals surface area contributed by atoms with Gasteiger partial charge in [-0.3, -0.25) is 0 Å². The standard InChI is InChI=1S/C7H12O3/c1-5(2)10-7(8)6(3)9-4/h5H,3H2,1-2,4H3. The largest absolute Gasteiger partial charge is 0.490 e. The molecule has 0 spiro atoms. The first-order valence-corrected chi connectivity index (χ1v) is 3.01. The van der Waals surface area contributed by atoms with Gasteiger partial charge in [-0.2, -0.15) is 0 Å². The van der Waals surface area contributed by atoms with Gasteiger partial charge in [0.1, 0.15) is 0 Å². The van der Waals surface area contributed by atoms with Gasteiger partial charge in [0.2, 0.25) is 0 Å². The number of hydrogen-bond acceptors (Lipinski definition) is 3. The highest BCUT2D eigenvalue weighted by Gasteiger charge is 2.09. The van der Waals surface area contributed by atoms with Crippen molar-refractivity contribution in [3.8, 4) is 0 Å². The molecule has 3 nitrogen and oxygen atoms in total. The smallest absolute Gasteiger partial charge is 0.373 e. The van der Waals surface area contributed by atoms with Crippen LogP contribution in [0.1, 0.15) is 13.8 Å². The Morgan fingerprint density at radius 1 is 1.50 bits per heavy atom. The fraction of sp³-hybridized carbons (Fsp3) is 0.571. The van der Waals surface area contributed by atoms with E-state index in [1.807, 2.05) is 0 Å². The summed E-state index contributed by atoms with van der Waals surface area (Å²) in [5, 5.41) is 0. The summed E-state index contributed by atoms with van der Waals surface area (Å²) in [5.41, 5.74) is 0. The monoisotopic (exact) mass is 144 g/mol. The SMILES string of the molecule is C=C(OC)C(=O)OC(C)C. The first-order valence-electron chi connectivity index (χ1n) is 3.01. The van der Waals surface area contributed by atoms with Crippen molar-refractivity contribution in [2.75, 3.05) is 7.11 Å². The lowest BCUT2D eigenvalue weighted by atomic mass is 10.5. The molecule has 0 amide bonds. The molecule has 0 saturated carbocycles. The van der Waals surface area contributed by atoms with Crippen LogP contribution in [0.25, 0.3) is 0 Å². The molecule has 10 heavy (non-hydrogen) atoms. The molecule has 0 rings (SSSR count). The van der Waals surface area contributed by atoms with Gasteiger partial charge in [-0.1, -0.05) is 0 Å². The average Bonchev–Trinajstić information content (AvgIpc) is 1.85. The summed E-state index contributed by atoms with van der Waals surface area (Å²) in [7, 11) is 1.38. The minimum atomic E-state index is -0.502. The molecule has 0 fully saturated rings. The minimum Gasteiger partial charge on any atom is -0.490 e. The second-order valence-corrected chi connectivity index (χ2v) is 2.08. The molecule has 0 N–H and O–H groups in total. The van der Waals surface area contributed by atoms with Crippen molar-refractivity contribution in [2.24, 2.45) is 0 Å². The Kier molecular flexibility index (Phi) is 3.54. The van der Waals surface area contributed by atoms with E-state index in [-0.39, 0.29) is 11.9 Å². The molecule has 0 aliphatic carbocycles. The molecule has 0 aliphatic heterocycles. The molecule has 0 bridgehead atoms. The Balaban J connectivity index is 3.74. The van der Waals surface area contributed by atoms with Gasteiger partial charge in [-0.05, 0) is 20.4 Å². The molecule has 3 heteroatoms. The normalized spacial score (nSPS) is 9.20. The van der Waals surface area contributed by atoms with Gasteiger partial charge in [0.25, 0.3) is 0 Å². The highest BCUT2D eigenvalue weighted by Crippen LogP contribution is 1.97. The summed E-state index contributed by atoms with van der Waals surface area (Å²) < 4.78 is 9.28. The fourth-order valence-electron chi connectivity index (χ4n) is 0.363. The van der Waals surface area contributed by atoms with Crippen LogP contribution in [0.2, 0.25) is 0 Å². The number of ether oxygens (including phenoxy) is 2. The minimum absolute atomic E-state index is 0.0358. The van der Waals surface area contributed by atoms with Crippen molar-refractivity contribution in [1.82, 2.24) is 0 Å². The maximum Gasteiger partial charge on any atom is 0.373 e. The third-order valence-electron chi connectivity index (χ3n) is 0.817. The Morgan fingerprint density at radius 3 is 2.30 bits per heavy atom. The number of carbonyl (C=O) groups excluding carboxylic acids is 1. The molecular weight excluding hydrogens is 132 g/mol. The third-order valence-corrected chi connectivity index (χ3v) is 0.817. The van der Waals surface area contributed by atoms with Gasteiger partial charge in [0.15, 0.2) is 5.76 Å². The summed E-state index contributed by atoms with van der Waals surface area (Å²) in [6.45, 7) is 6.86. The summed E-state index contributed by atoms with van der Waals surface area (Å²) >= 11 is 0. The van der Waals surface area contributed by atoms with Crippen LogP contribution in [0, 0.1) is 0 Å². The van der Waals surface area contributed by atoms with E-state index in [9.17, 15) is 4.79 Å². The summed E-state index contributed by atoms with van der Waals surface area (Å²) in [6.07, 6.45) is -0.126.